The van der Waals surface area contributed by atoms with E-state index in [-0.39, 0.29) is 0 Å². The number of hydrogen-bond donors (Lipinski definition) is 1. The van der Waals surface area contributed by atoms with E-state index < -0.39 is 0 Å². The van der Waals surface area contributed by atoms with Gasteiger partial charge in [-0.2, -0.15) is 15.0 Å². The quantitative estimate of drug-likeness (QED) is 0.793. The number of rotatable bonds is 6. The van der Waals surface area contributed by atoms with Crippen LogP contribution in [0.1, 0.15) is 52.4 Å². The molecule has 1 aromatic rings. The van der Waals surface area contributed by atoms with Crippen molar-refractivity contribution in [2.24, 2.45) is 0 Å². The van der Waals surface area contributed by atoms with Crippen LogP contribution in [0.25, 0.3) is 0 Å². The Bertz CT molecular complexity index is 514. The van der Waals surface area contributed by atoms with Crippen LogP contribution in [0.5, 0.6) is 0 Å². The third kappa shape index (κ3) is 4.51. The van der Waals surface area contributed by atoms with E-state index in [2.05, 4.69) is 29.0 Å². The number of ether oxygens (including phenoxy) is 1. The van der Waals surface area contributed by atoms with E-state index in [4.69, 9.17) is 19.7 Å². The highest BCUT2D eigenvalue weighted by Gasteiger charge is 2.26. The summed E-state index contributed by atoms with van der Waals surface area (Å²) in [6.45, 7) is 7.92. The molecule has 1 aromatic heterocycles. The summed E-state index contributed by atoms with van der Waals surface area (Å²) in [5.74, 6) is 2.29. The molecule has 0 radical (unpaired) electrons. The lowest BCUT2D eigenvalue weighted by atomic mass is 10.0. The topological polar surface area (TPSA) is 66.4 Å². The van der Waals surface area contributed by atoms with E-state index in [9.17, 15) is 0 Å². The highest BCUT2D eigenvalue weighted by Crippen LogP contribution is 2.27. The average Bonchev–Trinajstić information content (AvgIpc) is 2.62. The molecule has 0 amide bonds. The Morgan fingerprint density at radius 2 is 1.48 bits per heavy atom. The first-order valence-corrected chi connectivity index (χ1v) is 9.71. The maximum absolute atomic E-state index is 5.14. The van der Waals surface area contributed by atoms with Gasteiger partial charge in [0, 0.05) is 38.8 Å². The molecule has 25 heavy (non-hydrogen) atoms. The van der Waals surface area contributed by atoms with Gasteiger partial charge in [0.15, 0.2) is 0 Å². The largest absolute Gasteiger partial charge is 0.383 e. The predicted octanol–water partition coefficient (Wildman–Crippen LogP) is 2.69. The van der Waals surface area contributed by atoms with Crippen molar-refractivity contribution in [3.8, 4) is 0 Å². The molecule has 0 saturated carbocycles. The van der Waals surface area contributed by atoms with Gasteiger partial charge in [0.05, 0.1) is 6.61 Å². The zero-order chi connectivity index (χ0) is 17.6. The molecule has 2 aliphatic heterocycles. The summed E-state index contributed by atoms with van der Waals surface area (Å²) in [7, 11) is 1.71. The minimum atomic E-state index is 0.481. The lowest BCUT2D eigenvalue weighted by molar-refractivity contribution is 0.210. The Morgan fingerprint density at radius 1 is 0.920 bits per heavy atom. The molecule has 1 N–H and O–H groups in total. The SMILES string of the molecule is COCCNc1nc(N2CCCCC2C)nc(N2CCCCC2C)n1. The zero-order valence-electron chi connectivity index (χ0n) is 15.9. The standard InChI is InChI=1S/C18H32N6O/c1-14-8-4-6-11-23(14)17-20-16(19-10-13-25-3)21-18(22-17)24-12-7-5-9-15(24)2/h14-15H,4-13H2,1-3H3,(H,19,20,21,22). The van der Waals surface area contributed by atoms with Crippen LogP contribution >= 0.6 is 0 Å². The molecule has 140 valence electrons. The number of aromatic nitrogens is 3. The second kappa shape index (κ2) is 8.65. The van der Waals surface area contributed by atoms with Gasteiger partial charge in [-0.3, -0.25) is 0 Å². The molecule has 0 aliphatic carbocycles. The fourth-order valence-corrected chi connectivity index (χ4v) is 3.75. The van der Waals surface area contributed by atoms with E-state index >= 15 is 0 Å². The summed E-state index contributed by atoms with van der Waals surface area (Å²) < 4.78 is 5.14. The van der Waals surface area contributed by atoms with Gasteiger partial charge in [0.1, 0.15) is 0 Å². The van der Waals surface area contributed by atoms with Crippen LogP contribution in [0.4, 0.5) is 17.8 Å². The van der Waals surface area contributed by atoms with Crippen LogP contribution < -0.4 is 15.1 Å². The molecule has 3 heterocycles. The molecular weight excluding hydrogens is 316 g/mol. The van der Waals surface area contributed by atoms with E-state index in [0.29, 0.717) is 31.2 Å². The lowest BCUT2D eigenvalue weighted by Gasteiger charge is -2.36. The second-order valence-corrected chi connectivity index (χ2v) is 7.25. The monoisotopic (exact) mass is 348 g/mol. The van der Waals surface area contributed by atoms with Crippen LogP contribution in [-0.4, -0.2) is 60.4 Å². The van der Waals surface area contributed by atoms with Crippen molar-refractivity contribution in [1.29, 1.82) is 0 Å². The van der Waals surface area contributed by atoms with Gasteiger partial charge >= 0.3 is 0 Å². The summed E-state index contributed by atoms with van der Waals surface area (Å²) in [6.07, 6.45) is 7.40. The lowest BCUT2D eigenvalue weighted by Crippen LogP contribution is -2.41. The normalized spacial score (nSPS) is 24.4. The second-order valence-electron chi connectivity index (χ2n) is 7.25. The summed E-state index contributed by atoms with van der Waals surface area (Å²) in [5.41, 5.74) is 0. The van der Waals surface area contributed by atoms with Gasteiger partial charge in [-0.15, -0.1) is 0 Å². The molecule has 7 heteroatoms. The van der Waals surface area contributed by atoms with Gasteiger partial charge in [0.25, 0.3) is 0 Å². The van der Waals surface area contributed by atoms with Crippen molar-refractivity contribution in [3.05, 3.63) is 0 Å². The van der Waals surface area contributed by atoms with Crippen molar-refractivity contribution in [2.75, 3.05) is 48.5 Å². The fraction of sp³-hybridized carbons (Fsp3) is 0.833. The summed E-state index contributed by atoms with van der Waals surface area (Å²) >= 11 is 0. The van der Waals surface area contributed by atoms with Gasteiger partial charge in [-0.1, -0.05) is 0 Å². The number of nitrogens with one attached hydrogen (secondary N) is 1. The van der Waals surface area contributed by atoms with Crippen LogP contribution in [0.2, 0.25) is 0 Å². The average molecular weight is 348 g/mol. The molecule has 0 bridgehead atoms. The number of nitrogens with zero attached hydrogens (tertiary/aromatic N) is 5. The first-order valence-electron chi connectivity index (χ1n) is 9.71. The molecule has 2 saturated heterocycles. The number of anilines is 3. The third-order valence-electron chi connectivity index (χ3n) is 5.32. The van der Waals surface area contributed by atoms with Gasteiger partial charge < -0.3 is 19.9 Å². The third-order valence-corrected chi connectivity index (χ3v) is 5.32. The van der Waals surface area contributed by atoms with Gasteiger partial charge in [-0.05, 0) is 52.4 Å². The molecule has 3 rings (SSSR count). The molecular formula is C18H32N6O. The van der Waals surface area contributed by atoms with E-state index in [1.807, 2.05) is 0 Å². The first-order chi connectivity index (χ1) is 12.2. The highest BCUT2D eigenvalue weighted by atomic mass is 16.5. The minimum Gasteiger partial charge on any atom is -0.383 e. The Labute approximate surface area is 151 Å². The Balaban J connectivity index is 1.87. The van der Waals surface area contributed by atoms with Crippen LogP contribution in [0.3, 0.4) is 0 Å². The van der Waals surface area contributed by atoms with Crippen molar-refractivity contribution < 1.29 is 4.74 Å². The molecule has 2 unspecified atom stereocenters. The van der Waals surface area contributed by atoms with Crippen molar-refractivity contribution in [2.45, 2.75) is 64.5 Å². The minimum absolute atomic E-state index is 0.481. The van der Waals surface area contributed by atoms with Crippen LogP contribution in [0.15, 0.2) is 0 Å². The summed E-state index contributed by atoms with van der Waals surface area (Å²) in [6, 6.07) is 0.962. The molecule has 2 fully saturated rings. The predicted molar refractivity (Wildman–Crippen MR) is 102 cm³/mol. The Kier molecular flexibility index (Phi) is 6.29. The van der Waals surface area contributed by atoms with Gasteiger partial charge in [0.2, 0.25) is 17.8 Å². The highest BCUT2D eigenvalue weighted by molar-refractivity contribution is 5.46. The number of piperidine rings is 2. The van der Waals surface area contributed by atoms with Crippen molar-refractivity contribution in [1.82, 2.24) is 15.0 Å². The zero-order valence-corrected chi connectivity index (χ0v) is 15.9. The van der Waals surface area contributed by atoms with Gasteiger partial charge in [-0.25, -0.2) is 0 Å². The van der Waals surface area contributed by atoms with E-state index in [1.165, 1.54) is 38.5 Å². The molecule has 0 aromatic carbocycles. The first kappa shape index (κ1) is 18.2. The maximum atomic E-state index is 5.14. The molecule has 2 atom stereocenters. The van der Waals surface area contributed by atoms with Crippen LogP contribution in [-0.2, 0) is 4.74 Å². The Hall–Kier alpha value is -1.63. The Morgan fingerprint density at radius 3 is 1.96 bits per heavy atom. The molecule has 0 spiro atoms. The van der Waals surface area contributed by atoms with Crippen LogP contribution in [0, 0.1) is 0 Å². The fourth-order valence-electron chi connectivity index (χ4n) is 3.75. The number of hydrogen-bond acceptors (Lipinski definition) is 7. The smallest absolute Gasteiger partial charge is 0.232 e. The molecule has 7 nitrogen and oxygen atoms in total. The summed E-state index contributed by atoms with van der Waals surface area (Å²) in [5, 5.41) is 3.29. The van der Waals surface area contributed by atoms with Crippen molar-refractivity contribution in [3.63, 3.8) is 0 Å². The van der Waals surface area contributed by atoms with Crippen molar-refractivity contribution >= 4 is 17.8 Å². The van der Waals surface area contributed by atoms with E-state index in [1.54, 1.807) is 7.11 Å². The number of methoxy groups -OCH3 is 1. The molecule has 2 aliphatic rings. The van der Waals surface area contributed by atoms with E-state index in [0.717, 1.165) is 25.0 Å². The summed E-state index contributed by atoms with van der Waals surface area (Å²) in [4.78, 5) is 19.0. The maximum Gasteiger partial charge on any atom is 0.232 e.